The minimum absolute atomic E-state index is 0.226. The predicted octanol–water partition coefficient (Wildman–Crippen LogP) is 3.68. The van der Waals surface area contributed by atoms with Gasteiger partial charge in [-0.05, 0) is 38.7 Å². The number of carbonyl (C=O) groups is 1. The first kappa shape index (κ1) is 16.7. The number of amides is 1. The van der Waals surface area contributed by atoms with E-state index in [1.165, 1.54) is 0 Å². The van der Waals surface area contributed by atoms with E-state index in [1.54, 1.807) is 0 Å². The molecule has 128 valence electrons. The van der Waals surface area contributed by atoms with Gasteiger partial charge in [0.05, 0.1) is 5.52 Å². The number of benzene rings is 1. The van der Waals surface area contributed by atoms with Crippen LogP contribution in [0.5, 0.6) is 0 Å². The van der Waals surface area contributed by atoms with Crippen molar-refractivity contribution in [2.75, 3.05) is 13.1 Å². The molecule has 0 N–H and O–H groups in total. The summed E-state index contributed by atoms with van der Waals surface area (Å²) < 4.78 is 5.48. The fourth-order valence-corrected chi connectivity index (χ4v) is 3.12. The Balaban J connectivity index is 1.67. The van der Waals surface area contributed by atoms with E-state index in [4.69, 9.17) is 4.74 Å². The Morgan fingerprint density at radius 2 is 2.04 bits per heavy atom. The van der Waals surface area contributed by atoms with Gasteiger partial charge in [-0.3, -0.25) is 0 Å². The normalized spacial score (nSPS) is 21.2. The van der Waals surface area contributed by atoms with Gasteiger partial charge in [-0.15, -0.1) is 0 Å². The number of para-hydroxylation sites is 1. The number of fused-ring (bicyclic) bond motifs is 1. The molecular weight excluding hydrogens is 302 g/mol. The highest BCUT2D eigenvalue weighted by atomic mass is 16.6. The van der Waals surface area contributed by atoms with Crippen LogP contribution in [-0.2, 0) is 11.2 Å². The Kier molecular flexibility index (Phi) is 4.43. The standard InChI is InChI=1S/C19H25N3O2/c1-13-11-22(18(23)24-19(2,3)4)12-15(13)9-17-20-10-14-7-5-6-8-16(14)21-17/h5-8,10,13,15H,9,11-12H2,1-4H3/t13-,15-/m0/s1. The van der Waals surface area contributed by atoms with Gasteiger partial charge >= 0.3 is 6.09 Å². The Bertz CT molecular complexity index is 739. The van der Waals surface area contributed by atoms with Crippen LogP contribution in [0.4, 0.5) is 4.79 Å². The SMILES string of the molecule is C[C@H]1CN(C(=O)OC(C)(C)C)C[C@@H]1Cc1ncc2ccccc2n1. The average Bonchev–Trinajstić information content (AvgIpc) is 2.87. The zero-order valence-electron chi connectivity index (χ0n) is 14.8. The van der Waals surface area contributed by atoms with Gasteiger partial charge in [-0.25, -0.2) is 14.8 Å². The van der Waals surface area contributed by atoms with Gasteiger partial charge in [0.2, 0.25) is 0 Å². The Hall–Kier alpha value is -2.17. The van der Waals surface area contributed by atoms with Gasteiger partial charge in [0.15, 0.2) is 0 Å². The van der Waals surface area contributed by atoms with Gasteiger partial charge in [0, 0.05) is 31.1 Å². The summed E-state index contributed by atoms with van der Waals surface area (Å²) >= 11 is 0. The maximum absolute atomic E-state index is 12.3. The number of rotatable bonds is 2. The number of hydrogen-bond acceptors (Lipinski definition) is 4. The quantitative estimate of drug-likeness (QED) is 0.844. The molecule has 2 atom stereocenters. The number of carbonyl (C=O) groups excluding carboxylic acids is 1. The zero-order valence-corrected chi connectivity index (χ0v) is 14.8. The average molecular weight is 327 g/mol. The molecule has 0 unspecified atom stereocenters. The molecule has 1 aromatic carbocycles. The largest absolute Gasteiger partial charge is 0.444 e. The summed E-state index contributed by atoms with van der Waals surface area (Å²) in [4.78, 5) is 23.2. The molecule has 1 saturated heterocycles. The van der Waals surface area contributed by atoms with Crippen molar-refractivity contribution in [1.29, 1.82) is 0 Å². The first-order chi connectivity index (χ1) is 11.3. The number of likely N-dealkylation sites (tertiary alicyclic amines) is 1. The first-order valence-electron chi connectivity index (χ1n) is 8.50. The number of aromatic nitrogens is 2. The van der Waals surface area contributed by atoms with E-state index < -0.39 is 5.60 Å². The highest BCUT2D eigenvalue weighted by Crippen LogP contribution is 2.27. The third-order valence-electron chi connectivity index (χ3n) is 4.40. The summed E-state index contributed by atoms with van der Waals surface area (Å²) in [5, 5.41) is 1.05. The third kappa shape index (κ3) is 3.83. The van der Waals surface area contributed by atoms with Crippen LogP contribution < -0.4 is 0 Å². The van der Waals surface area contributed by atoms with Crippen LogP contribution >= 0.6 is 0 Å². The Morgan fingerprint density at radius 3 is 2.79 bits per heavy atom. The highest BCUT2D eigenvalue weighted by Gasteiger charge is 2.35. The molecule has 0 aliphatic carbocycles. The predicted molar refractivity (Wildman–Crippen MR) is 93.7 cm³/mol. The van der Waals surface area contributed by atoms with Gasteiger partial charge < -0.3 is 9.64 Å². The molecule has 0 saturated carbocycles. The second-order valence-corrected chi connectivity index (χ2v) is 7.67. The number of hydrogen-bond donors (Lipinski definition) is 0. The summed E-state index contributed by atoms with van der Waals surface area (Å²) in [5.74, 6) is 1.61. The van der Waals surface area contributed by atoms with Crippen molar-refractivity contribution in [2.45, 2.75) is 39.7 Å². The molecule has 0 radical (unpaired) electrons. The Labute approximate surface area is 143 Å². The van der Waals surface area contributed by atoms with Crippen molar-refractivity contribution in [1.82, 2.24) is 14.9 Å². The van der Waals surface area contributed by atoms with Crippen LogP contribution in [0, 0.1) is 11.8 Å². The van der Waals surface area contributed by atoms with Gasteiger partial charge in [-0.2, -0.15) is 0 Å². The van der Waals surface area contributed by atoms with Crippen LogP contribution in [0.2, 0.25) is 0 Å². The lowest BCUT2D eigenvalue weighted by atomic mass is 9.94. The molecule has 0 bridgehead atoms. The topological polar surface area (TPSA) is 55.3 Å². The minimum atomic E-state index is -0.458. The van der Waals surface area contributed by atoms with E-state index in [-0.39, 0.29) is 6.09 Å². The molecule has 1 amide bonds. The maximum Gasteiger partial charge on any atom is 0.410 e. The molecule has 3 rings (SSSR count). The molecule has 5 heteroatoms. The summed E-state index contributed by atoms with van der Waals surface area (Å²) in [5.41, 5.74) is 0.511. The first-order valence-corrected chi connectivity index (χ1v) is 8.50. The molecule has 5 nitrogen and oxygen atoms in total. The van der Waals surface area contributed by atoms with Crippen molar-refractivity contribution in [3.05, 3.63) is 36.3 Å². The highest BCUT2D eigenvalue weighted by molar-refractivity contribution is 5.77. The summed E-state index contributed by atoms with van der Waals surface area (Å²) in [7, 11) is 0. The maximum atomic E-state index is 12.3. The molecule has 0 spiro atoms. The van der Waals surface area contributed by atoms with Gasteiger partial charge in [0.25, 0.3) is 0 Å². The van der Waals surface area contributed by atoms with Crippen molar-refractivity contribution < 1.29 is 9.53 Å². The summed E-state index contributed by atoms with van der Waals surface area (Å²) in [6, 6.07) is 8.00. The van der Waals surface area contributed by atoms with Crippen LogP contribution in [0.15, 0.2) is 30.5 Å². The lowest BCUT2D eigenvalue weighted by molar-refractivity contribution is 0.0284. The smallest absolute Gasteiger partial charge is 0.410 e. The molecule has 24 heavy (non-hydrogen) atoms. The minimum Gasteiger partial charge on any atom is -0.444 e. The molecule has 1 aliphatic heterocycles. The van der Waals surface area contributed by atoms with Gasteiger partial charge in [0.1, 0.15) is 11.4 Å². The fraction of sp³-hybridized carbons (Fsp3) is 0.526. The van der Waals surface area contributed by atoms with Crippen LogP contribution in [0.25, 0.3) is 10.9 Å². The fourth-order valence-electron chi connectivity index (χ4n) is 3.12. The van der Waals surface area contributed by atoms with E-state index in [2.05, 4.69) is 16.9 Å². The second kappa shape index (κ2) is 6.38. The van der Waals surface area contributed by atoms with Gasteiger partial charge in [-0.1, -0.05) is 25.1 Å². The van der Waals surface area contributed by atoms with E-state index in [9.17, 15) is 4.79 Å². The molecular formula is C19H25N3O2. The molecule has 1 fully saturated rings. The molecule has 2 aromatic rings. The van der Waals surface area contributed by atoms with Crippen LogP contribution in [0.3, 0.4) is 0 Å². The number of nitrogens with zero attached hydrogens (tertiary/aromatic N) is 3. The third-order valence-corrected chi connectivity index (χ3v) is 4.40. The molecule has 2 heterocycles. The molecule has 1 aromatic heterocycles. The lowest BCUT2D eigenvalue weighted by Gasteiger charge is -2.24. The van der Waals surface area contributed by atoms with E-state index in [1.807, 2.05) is 56.1 Å². The van der Waals surface area contributed by atoms with Crippen LogP contribution in [0.1, 0.15) is 33.5 Å². The van der Waals surface area contributed by atoms with Crippen molar-refractivity contribution in [3.63, 3.8) is 0 Å². The number of ether oxygens (including phenoxy) is 1. The van der Waals surface area contributed by atoms with Crippen molar-refractivity contribution in [3.8, 4) is 0 Å². The van der Waals surface area contributed by atoms with Crippen LogP contribution in [-0.4, -0.2) is 39.7 Å². The van der Waals surface area contributed by atoms with E-state index in [0.29, 0.717) is 18.4 Å². The van der Waals surface area contributed by atoms with E-state index in [0.717, 1.165) is 29.7 Å². The zero-order chi connectivity index (χ0) is 17.3. The summed E-state index contributed by atoms with van der Waals surface area (Å²) in [6.07, 6.45) is 2.44. The van der Waals surface area contributed by atoms with Crippen molar-refractivity contribution >= 4 is 17.0 Å². The van der Waals surface area contributed by atoms with Crippen molar-refractivity contribution in [2.24, 2.45) is 11.8 Å². The lowest BCUT2D eigenvalue weighted by Crippen LogP contribution is -2.35. The molecule has 1 aliphatic rings. The Morgan fingerprint density at radius 1 is 1.29 bits per heavy atom. The van der Waals surface area contributed by atoms with E-state index >= 15 is 0 Å². The summed E-state index contributed by atoms with van der Waals surface area (Å²) in [6.45, 7) is 9.29. The monoisotopic (exact) mass is 327 g/mol. The second-order valence-electron chi connectivity index (χ2n) is 7.67.